The summed E-state index contributed by atoms with van der Waals surface area (Å²) in [6.45, 7) is 1.50. The lowest BCUT2D eigenvalue weighted by Gasteiger charge is -2.03. The molecule has 0 saturated carbocycles. The average Bonchev–Trinajstić information content (AvgIpc) is 2.12. The first kappa shape index (κ1) is 13.2. The maximum Gasteiger partial charge on any atom is 0.313 e. The van der Waals surface area contributed by atoms with Crippen molar-refractivity contribution in [1.82, 2.24) is 10.6 Å². The molecule has 82 valence electrons. The molecule has 0 aromatic rings. The van der Waals surface area contributed by atoms with E-state index in [1.807, 2.05) is 7.05 Å². The predicted molar refractivity (Wildman–Crippen MR) is 56.5 cm³/mol. The summed E-state index contributed by atoms with van der Waals surface area (Å²) in [5, 5.41) is 14.0. The molecule has 0 bridgehead atoms. The van der Waals surface area contributed by atoms with E-state index in [0.717, 1.165) is 24.7 Å². The fourth-order valence-corrected chi connectivity index (χ4v) is 1.34. The van der Waals surface area contributed by atoms with Crippen molar-refractivity contribution in [2.45, 2.75) is 6.42 Å². The van der Waals surface area contributed by atoms with Gasteiger partial charge in [-0.1, -0.05) is 0 Å². The number of aliphatic carboxylic acids is 1. The Kier molecular flexibility index (Phi) is 8.36. The number of hydrogen-bond acceptors (Lipinski definition) is 4. The monoisotopic (exact) mass is 220 g/mol. The zero-order valence-corrected chi connectivity index (χ0v) is 9.02. The molecule has 0 radical (unpaired) electrons. The van der Waals surface area contributed by atoms with Crippen LogP contribution < -0.4 is 10.6 Å². The molecule has 14 heavy (non-hydrogen) atoms. The van der Waals surface area contributed by atoms with Gasteiger partial charge in [-0.3, -0.25) is 9.59 Å². The van der Waals surface area contributed by atoms with Crippen molar-refractivity contribution in [3.8, 4) is 0 Å². The van der Waals surface area contributed by atoms with E-state index < -0.39 is 5.97 Å². The molecular weight excluding hydrogens is 204 g/mol. The Bertz CT molecular complexity index is 187. The van der Waals surface area contributed by atoms with E-state index >= 15 is 0 Å². The number of thioether (sulfide) groups is 1. The molecule has 0 aliphatic heterocycles. The molecule has 0 heterocycles. The normalized spacial score (nSPS) is 9.79. The van der Waals surface area contributed by atoms with E-state index in [4.69, 9.17) is 5.11 Å². The summed E-state index contributed by atoms with van der Waals surface area (Å²) in [7, 11) is 1.85. The van der Waals surface area contributed by atoms with Gasteiger partial charge < -0.3 is 15.7 Å². The molecular formula is C8H16N2O3S. The molecule has 0 aliphatic carbocycles. The zero-order chi connectivity index (χ0) is 10.8. The molecule has 0 spiro atoms. The maximum atomic E-state index is 11.0. The van der Waals surface area contributed by atoms with Gasteiger partial charge >= 0.3 is 5.97 Å². The lowest BCUT2D eigenvalue weighted by Crippen LogP contribution is -2.28. The van der Waals surface area contributed by atoms with Gasteiger partial charge in [-0.05, 0) is 20.0 Å². The van der Waals surface area contributed by atoms with Crippen molar-refractivity contribution in [1.29, 1.82) is 0 Å². The molecule has 0 aromatic carbocycles. The summed E-state index contributed by atoms with van der Waals surface area (Å²) in [6.07, 6.45) is 0.881. The quantitative estimate of drug-likeness (QED) is 0.482. The number of carboxylic acids is 1. The molecule has 1 amide bonds. The van der Waals surface area contributed by atoms with Gasteiger partial charge in [0.2, 0.25) is 5.91 Å². The Balaban J connectivity index is 3.24. The van der Waals surface area contributed by atoms with Crippen LogP contribution in [0.2, 0.25) is 0 Å². The van der Waals surface area contributed by atoms with Crippen LogP contribution in [0.3, 0.4) is 0 Å². The Labute approximate surface area is 87.6 Å². The molecule has 6 heteroatoms. The Morgan fingerprint density at radius 1 is 1.29 bits per heavy atom. The third kappa shape index (κ3) is 9.34. The van der Waals surface area contributed by atoms with Crippen LogP contribution in [0.5, 0.6) is 0 Å². The third-order valence-corrected chi connectivity index (χ3v) is 2.30. The highest BCUT2D eigenvalue weighted by atomic mass is 32.2. The number of carbonyl (C=O) groups is 2. The van der Waals surface area contributed by atoms with E-state index in [0.29, 0.717) is 6.54 Å². The summed E-state index contributed by atoms with van der Waals surface area (Å²) in [4.78, 5) is 21.2. The van der Waals surface area contributed by atoms with E-state index in [1.54, 1.807) is 0 Å². The van der Waals surface area contributed by atoms with Crippen LogP contribution >= 0.6 is 11.8 Å². The van der Waals surface area contributed by atoms with Crippen LogP contribution in [-0.4, -0.2) is 48.6 Å². The minimum atomic E-state index is -0.891. The smallest absolute Gasteiger partial charge is 0.313 e. The van der Waals surface area contributed by atoms with Crippen LogP contribution in [-0.2, 0) is 9.59 Å². The van der Waals surface area contributed by atoms with Gasteiger partial charge in [0.25, 0.3) is 0 Å². The number of nitrogens with one attached hydrogen (secondary N) is 2. The SMILES string of the molecule is CNCCCNC(=O)CSCC(=O)O. The first-order chi connectivity index (χ1) is 6.66. The van der Waals surface area contributed by atoms with Gasteiger partial charge in [0.1, 0.15) is 0 Å². The zero-order valence-electron chi connectivity index (χ0n) is 8.21. The number of hydrogen-bond donors (Lipinski definition) is 3. The van der Waals surface area contributed by atoms with Gasteiger partial charge in [-0.2, -0.15) is 0 Å². The highest BCUT2D eigenvalue weighted by molar-refractivity contribution is 8.00. The lowest BCUT2D eigenvalue weighted by molar-refractivity contribution is -0.133. The van der Waals surface area contributed by atoms with Gasteiger partial charge in [0.05, 0.1) is 11.5 Å². The van der Waals surface area contributed by atoms with Gasteiger partial charge in [-0.15, -0.1) is 11.8 Å². The first-order valence-electron chi connectivity index (χ1n) is 4.37. The summed E-state index contributed by atoms with van der Waals surface area (Å²) < 4.78 is 0. The topological polar surface area (TPSA) is 78.4 Å². The standard InChI is InChI=1S/C8H16N2O3S/c1-9-3-2-4-10-7(11)5-14-6-8(12)13/h9H,2-6H2,1H3,(H,10,11)(H,12,13). The van der Waals surface area contributed by atoms with E-state index in [9.17, 15) is 9.59 Å². The molecule has 0 aliphatic rings. The van der Waals surface area contributed by atoms with Gasteiger partial charge in [0.15, 0.2) is 0 Å². The molecule has 0 aromatic heterocycles. The molecule has 0 fully saturated rings. The van der Waals surface area contributed by atoms with Crippen molar-refractivity contribution in [3.05, 3.63) is 0 Å². The van der Waals surface area contributed by atoms with Gasteiger partial charge in [0, 0.05) is 6.54 Å². The first-order valence-corrected chi connectivity index (χ1v) is 5.53. The molecule has 0 atom stereocenters. The molecule has 0 saturated heterocycles. The Hall–Kier alpha value is -0.750. The largest absolute Gasteiger partial charge is 0.481 e. The van der Waals surface area contributed by atoms with Crippen molar-refractivity contribution >= 4 is 23.6 Å². The van der Waals surface area contributed by atoms with Crippen molar-refractivity contribution in [2.24, 2.45) is 0 Å². The average molecular weight is 220 g/mol. The van der Waals surface area contributed by atoms with Crippen LogP contribution in [0.25, 0.3) is 0 Å². The second-order valence-electron chi connectivity index (χ2n) is 2.69. The van der Waals surface area contributed by atoms with Crippen LogP contribution in [0, 0.1) is 0 Å². The second-order valence-corrected chi connectivity index (χ2v) is 3.68. The van der Waals surface area contributed by atoms with Gasteiger partial charge in [-0.25, -0.2) is 0 Å². The fourth-order valence-electron chi connectivity index (χ4n) is 0.775. The third-order valence-electron chi connectivity index (χ3n) is 1.38. The van der Waals surface area contributed by atoms with Crippen molar-refractivity contribution in [3.63, 3.8) is 0 Å². The molecule has 5 nitrogen and oxygen atoms in total. The second kappa shape index (κ2) is 8.83. The van der Waals surface area contributed by atoms with E-state index in [1.165, 1.54) is 0 Å². The molecule has 3 N–H and O–H groups in total. The van der Waals surface area contributed by atoms with Crippen LogP contribution in [0.15, 0.2) is 0 Å². The minimum Gasteiger partial charge on any atom is -0.481 e. The molecule has 0 rings (SSSR count). The van der Waals surface area contributed by atoms with Crippen molar-refractivity contribution < 1.29 is 14.7 Å². The van der Waals surface area contributed by atoms with Crippen LogP contribution in [0.4, 0.5) is 0 Å². The number of rotatable bonds is 8. The summed E-state index contributed by atoms with van der Waals surface area (Å²) >= 11 is 1.11. The summed E-state index contributed by atoms with van der Waals surface area (Å²) in [5.41, 5.74) is 0. The predicted octanol–water partition coefficient (Wildman–Crippen LogP) is -0.470. The highest BCUT2D eigenvalue weighted by Gasteiger charge is 2.02. The molecule has 0 unspecified atom stereocenters. The van der Waals surface area contributed by atoms with E-state index in [-0.39, 0.29) is 17.4 Å². The van der Waals surface area contributed by atoms with E-state index in [2.05, 4.69) is 10.6 Å². The summed E-state index contributed by atoms with van der Waals surface area (Å²) in [5.74, 6) is -0.805. The minimum absolute atomic E-state index is 0.0239. The highest BCUT2D eigenvalue weighted by Crippen LogP contribution is 1.97. The fraction of sp³-hybridized carbons (Fsp3) is 0.750. The number of carboxylic acid groups (broad SMARTS) is 1. The Morgan fingerprint density at radius 3 is 2.57 bits per heavy atom. The maximum absolute atomic E-state index is 11.0. The lowest BCUT2D eigenvalue weighted by atomic mass is 10.4. The Morgan fingerprint density at radius 2 is 2.00 bits per heavy atom. The van der Waals surface area contributed by atoms with Crippen LogP contribution in [0.1, 0.15) is 6.42 Å². The van der Waals surface area contributed by atoms with Crippen molar-refractivity contribution in [2.75, 3.05) is 31.6 Å². The summed E-state index contributed by atoms with van der Waals surface area (Å²) in [6, 6.07) is 0. The number of carbonyl (C=O) groups excluding carboxylic acids is 1. The number of amides is 1.